The molecule has 7 heteroatoms. The van der Waals surface area contributed by atoms with E-state index in [9.17, 15) is 0 Å². The van der Waals surface area contributed by atoms with Crippen molar-refractivity contribution >= 4 is 45.5 Å². The number of nitriles is 6. The maximum absolute atomic E-state index is 6.50. The molecule has 0 spiro atoms. The summed E-state index contributed by atoms with van der Waals surface area (Å²) in [6.07, 6.45) is 0. The average Bonchev–Trinajstić information content (AvgIpc) is 2.33. The molecule has 0 unspecified atom stereocenters. The molecule has 6 nitrogen and oxygen atoms in total. The van der Waals surface area contributed by atoms with Gasteiger partial charge in [-0.2, -0.15) is 0 Å². The zero-order chi connectivity index (χ0) is 12.0. The first-order valence-corrected chi connectivity index (χ1v) is 1.55. The fourth-order valence-corrected chi connectivity index (χ4v) is 0. The third-order valence-electron chi connectivity index (χ3n) is 0. The molecule has 0 bridgehead atoms. The number of nitrogens with zero attached hydrogens (tertiary/aromatic N) is 6. The summed E-state index contributed by atoms with van der Waals surface area (Å²) < 4.78 is 0. The van der Waals surface area contributed by atoms with Crippen molar-refractivity contribution in [2.45, 2.75) is 0 Å². The first-order valence-electron chi connectivity index (χ1n) is 1.55. The van der Waals surface area contributed by atoms with Crippen LogP contribution in [0.25, 0.3) is 0 Å². The summed E-state index contributed by atoms with van der Waals surface area (Å²) in [6, 6.07) is 0. The third-order valence-corrected chi connectivity index (χ3v) is 0. The Morgan fingerprint density at radius 2 is 0.308 bits per heavy atom. The van der Waals surface area contributed by atoms with Crippen molar-refractivity contribution in [1.29, 1.82) is 31.6 Å². The molecule has 0 saturated carbocycles. The van der Waals surface area contributed by atoms with E-state index < -0.39 is 0 Å². The van der Waals surface area contributed by atoms with Crippen LogP contribution in [0.15, 0.2) is 0 Å². The molecule has 0 aromatic carbocycles. The maximum atomic E-state index is 6.50. The zero-order valence-electron chi connectivity index (χ0n) is 6.15. The number of rotatable bonds is 0. The normalized spacial score (nSPS) is 0.923. The van der Waals surface area contributed by atoms with Crippen molar-refractivity contribution < 1.29 is 0 Å². The Morgan fingerprint density at radius 1 is 0.308 bits per heavy atom. The Bertz CT molecular complexity index is 92.1. The van der Waals surface area contributed by atoms with Crippen LogP contribution in [0.5, 0.6) is 0 Å². The second-order valence-electron chi connectivity index (χ2n) is 0. The first-order chi connectivity index (χ1) is 6.00. The fraction of sp³-hybridized carbons (Fsp3) is 0. The molecular weight excluding hydrogens is 244 g/mol. The molecule has 0 aliphatic heterocycles. The second-order valence-corrected chi connectivity index (χ2v) is 0. The fourth-order valence-electron chi connectivity index (χ4n) is 0. The molecule has 0 amide bonds. The molecule has 0 aliphatic carbocycles. The van der Waals surface area contributed by atoms with Crippen molar-refractivity contribution in [3.8, 4) is 39.4 Å². The van der Waals surface area contributed by atoms with Crippen LogP contribution < -0.4 is 0 Å². The van der Waals surface area contributed by atoms with Crippen molar-refractivity contribution in [3.63, 3.8) is 0 Å². The first kappa shape index (κ1) is 63.5. The monoisotopic (exact) mass is 252 g/mol. The summed E-state index contributed by atoms with van der Waals surface area (Å²) in [5.41, 5.74) is 0. The standard InChI is InChI=1S/6CHN.Sr.2H/c6*1-2;;;/h6*1H;;;. The molecule has 0 heterocycles. The van der Waals surface area contributed by atoms with Gasteiger partial charge in [0, 0.05) is 39.4 Å². The molecule has 13 heavy (non-hydrogen) atoms. The third kappa shape index (κ3) is 296. The van der Waals surface area contributed by atoms with Gasteiger partial charge in [0.05, 0.1) is 0 Å². The summed E-state index contributed by atoms with van der Waals surface area (Å²) in [6.45, 7) is 21.0. The van der Waals surface area contributed by atoms with Crippen molar-refractivity contribution in [2.24, 2.45) is 0 Å². The Balaban J connectivity index is -0.00000000655. The predicted molar refractivity (Wildman–Crippen MR) is 48.6 cm³/mol. The summed E-state index contributed by atoms with van der Waals surface area (Å²) in [4.78, 5) is 0. The van der Waals surface area contributed by atoms with Crippen molar-refractivity contribution in [3.05, 3.63) is 0 Å². The van der Waals surface area contributed by atoms with Gasteiger partial charge in [-0.3, -0.25) is 0 Å². The van der Waals surface area contributed by atoms with Gasteiger partial charge in [0.2, 0.25) is 0 Å². The van der Waals surface area contributed by atoms with E-state index in [4.69, 9.17) is 31.6 Å². The summed E-state index contributed by atoms with van der Waals surface area (Å²) in [5, 5.41) is 39.0. The van der Waals surface area contributed by atoms with Gasteiger partial charge in [-0.1, -0.05) is 0 Å². The summed E-state index contributed by atoms with van der Waals surface area (Å²) >= 11 is 0. The minimum atomic E-state index is 0. The molecule has 0 aromatic heterocycles. The van der Waals surface area contributed by atoms with E-state index >= 15 is 0 Å². The van der Waals surface area contributed by atoms with Crippen LogP contribution in [-0.4, -0.2) is 45.5 Å². The van der Waals surface area contributed by atoms with Gasteiger partial charge in [-0.05, 0) is 0 Å². The van der Waals surface area contributed by atoms with E-state index in [1.54, 1.807) is 0 Å². The van der Waals surface area contributed by atoms with Crippen molar-refractivity contribution in [2.75, 3.05) is 0 Å². The molecule has 0 radical (unpaired) electrons. The molecule has 0 rings (SSSR count). The van der Waals surface area contributed by atoms with Crippen LogP contribution in [0.1, 0.15) is 0 Å². The van der Waals surface area contributed by atoms with Gasteiger partial charge < -0.3 is 0 Å². The summed E-state index contributed by atoms with van der Waals surface area (Å²) in [5.74, 6) is 0. The molecular formula is C6H8N6Sr. The molecule has 0 fully saturated rings. The molecule has 0 aliphatic rings. The van der Waals surface area contributed by atoms with Gasteiger partial charge in [0.1, 0.15) is 0 Å². The van der Waals surface area contributed by atoms with Crippen LogP contribution in [0, 0.1) is 71.0 Å². The molecule has 0 N–H and O–H groups in total. The molecule has 0 saturated heterocycles. The Hall–Kier alpha value is -1.58. The molecule has 0 atom stereocenters. The second kappa shape index (κ2) is 371. The SMILES string of the molecule is C#N.C#N.C#N.C#N.C#N.C#N.[SrH2]. The number of hydrogen-bond donors (Lipinski definition) is 0. The van der Waals surface area contributed by atoms with E-state index in [0.29, 0.717) is 0 Å². The minimum absolute atomic E-state index is 0. The van der Waals surface area contributed by atoms with Crippen LogP contribution in [0.4, 0.5) is 0 Å². The Kier molecular flexibility index (Phi) is 1810. The summed E-state index contributed by atoms with van der Waals surface area (Å²) in [7, 11) is 0. The van der Waals surface area contributed by atoms with Crippen LogP contribution in [-0.2, 0) is 0 Å². The van der Waals surface area contributed by atoms with Gasteiger partial charge in [0.25, 0.3) is 0 Å². The predicted octanol–water partition coefficient (Wildman–Crippen LogP) is -0.0775. The van der Waals surface area contributed by atoms with E-state index in [2.05, 4.69) is 39.4 Å². The number of hydrogen-bond acceptors (Lipinski definition) is 6. The van der Waals surface area contributed by atoms with E-state index in [-0.39, 0.29) is 45.5 Å². The van der Waals surface area contributed by atoms with Crippen LogP contribution in [0.2, 0.25) is 0 Å². The van der Waals surface area contributed by atoms with E-state index in [1.807, 2.05) is 0 Å². The van der Waals surface area contributed by atoms with E-state index in [1.165, 1.54) is 0 Å². The van der Waals surface area contributed by atoms with Gasteiger partial charge in [0.15, 0.2) is 0 Å². The molecule has 64 valence electrons. The van der Waals surface area contributed by atoms with Crippen LogP contribution >= 0.6 is 0 Å². The Labute approximate surface area is 115 Å². The average molecular weight is 252 g/mol. The Morgan fingerprint density at radius 3 is 0.308 bits per heavy atom. The van der Waals surface area contributed by atoms with Gasteiger partial charge in [-0.15, -0.1) is 0 Å². The zero-order valence-corrected chi connectivity index (χ0v) is 6.15. The van der Waals surface area contributed by atoms with Crippen LogP contribution in [0.3, 0.4) is 0 Å². The van der Waals surface area contributed by atoms with E-state index in [0.717, 1.165) is 0 Å². The molecule has 0 aromatic rings. The van der Waals surface area contributed by atoms with Crippen molar-refractivity contribution in [1.82, 2.24) is 0 Å². The van der Waals surface area contributed by atoms with Gasteiger partial charge in [-0.25, -0.2) is 31.6 Å². The quantitative estimate of drug-likeness (QED) is 0.551. The topological polar surface area (TPSA) is 143 Å². The van der Waals surface area contributed by atoms with Gasteiger partial charge >= 0.3 is 45.5 Å².